The van der Waals surface area contributed by atoms with Gasteiger partial charge < -0.3 is 10.1 Å². The van der Waals surface area contributed by atoms with Crippen molar-refractivity contribution in [2.45, 2.75) is 18.8 Å². The van der Waals surface area contributed by atoms with Crippen LogP contribution in [0.15, 0.2) is 60.7 Å². The normalized spacial score (nSPS) is 12.9. The number of non-ortho nitro benzene ring substituents is 1. The first kappa shape index (κ1) is 19.3. The van der Waals surface area contributed by atoms with Gasteiger partial charge in [-0.2, -0.15) is 5.10 Å². The molecule has 1 amide bonds. The van der Waals surface area contributed by atoms with Gasteiger partial charge in [0.2, 0.25) is 0 Å². The van der Waals surface area contributed by atoms with Crippen LogP contribution in [0.25, 0.3) is 5.69 Å². The highest BCUT2D eigenvalue weighted by molar-refractivity contribution is 5.95. The summed E-state index contributed by atoms with van der Waals surface area (Å²) < 4.78 is 6.68. The zero-order valence-electron chi connectivity index (χ0n) is 15.9. The number of rotatable bonds is 7. The van der Waals surface area contributed by atoms with E-state index >= 15 is 0 Å². The van der Waals surface area contributed by atoms with E-state index in [-0.39, 0.29) is 11.3 Å². The lowest BCUT2D eigenvalue weighted by Gasteiger charge is -2.09. The van der Waals surface area contributed by atoms with Gasteiger partial charge in [-0.3, -0.25) is 14.9 Å². The maximum atomic E-state index is 12.4. The van der Waals surface area contributed by atoms with E-state index in [9.17, 15) is 19.7 Å². The molecule has 0 atom stereocenters. The molecule has 1 aliphatic rings. The van der Waals surface area contributed by atoms with Crippen LogP contribution in [0.1, 0.15) is 34.8 Å². The van der Waals surface area contributed by atoms with Crippen molar-refractivity contribution < 1.29 is 19.2 Å². The first-order chi connectivity index (χ1) is 14.5. The molecule has 9 nitrogen and oxygen atoms in total. The molecule has 1 N–H and O–H groups in total. The van der Waals surface area contributed by atoms with Gasteiger partial charge in [-0.15, -0.1) is 0 Å². The van der Waals surface area contributed by atoms with E-state index in [1.165, 1.54) is 24.3 Å². The van der Waals surface area contributed by atoms with Crippen LogP contribution in [-0.4, -0.2) is 33.2 Å². The summed E-state index contributed by atoms with van der Waals surface area (Å²) in [4.78, 5) is 34.6. The van der Waals surface area contributed by atoms with Crippen LogP contribution in [0.4, 0.5) is 11.5 Å². The highest BCUT2D eigenvalue weighted by Gasteiger charge is 2.28. The third-order valence-corrected chi connectivity index (χ3v) is 4.64. The molecule has 2 aromatic carbocycles. The summed E-state index contributed by atoms with van der Waals surface area (Å²) in [7, 11) is 0. The molecule has 1 fully saturated rings. The highest BCUT2D eigenvalue weighted by atomic mass is 16.6. The lowest BCUT2D eigenvalue weighted by atomic mass is 10.2. The Hall–Kier alpha value is -4.01. The molecule has 1 saturated carbocycles. The van der Waals surface area contributed by atoms with Gasteiger partial charge in [0.15, 0.2) is 6.61 Å². The molecule has 3 aromatic rings. The number of anilines is 1. The average Bonchev–Trinajstić information content (AvgIpc) is 3.53. The summed E-state index contributed by atoms with van der Waals surface area (Å²) in [6, 6.07) is 16.2. The average molecular weight is 406 g/mol. The molecule has 1 aliphatic carbocycles. The van der Waals surface area contributed by atoms with Gasteiger partial charge in [0.1, 0.15) is 5.82 Å². The number of esters is 1. The maximum absolute atomic E-state index is 12.4. The number of nitrogens with zero attached hydrogens (tertiary/aromatic N) is 3. The fourth-order valence-corrected chi connectivity index (χ4v) is 2.95. The first-order valence-electron chi connectivity index (χ1n) is 9.38. The largest absolute Gasteiger partial charge is 0.452 e. The predicted molar refractivity (Wildman–Crippen MR) is 108 cm³/mol. The second-order valence-corrected chi connectivity index (χ2v) is 6.90. The van der Waals surface area contributed by atoms with Gasteiger partial charge in [-0.05, 0) is 37.1 Å². The number of para-hydroxylation sites is 1. The summed E-state index contributed by atoms with van der Waals surface area (Å²) in [6.07, 6.45) is 2.15. The van der Waals surface area contributed by atoms with Gasteiger partial charge in [-0.25, -0.2) is 9.48 Å². The van der Waals surface area contributed by atoms with Crippen LogP contribution < -0.4 is 5.32 Å². The summed E-state index contributed by atoms with van der Waals surface area (Å²) in [5.74, 6) is -0.343. The summed E-state index contributed by atoms with van der Waals surface area (Å²) >= 11 is 0. The van der Waals surface area contributed by atoms with Gasteiger partial charge in [0.05, 0.1) is 21.9 Å². The van der Waals surface area contributed by atoms with Crippen LogP contribution in [-0.2, 0) is 9.53 Å². The topological polar surface area (TPSA) is 116 Å². The number of carbonyl (C=O) groups is 2. The van der Waals surface area contributed by atoms with E-state index in [4.69, 9.17) is 4.74 Å². The molecule has 152 valence electrons. The minimum atomic E-state index is -0.740. The van der Waals surface area contributed by atoms with E-state index in [0.717, 1.165) is 24.2 Å². The number of hydrogen-bond acceptors (Lipinski definition) is 6. The van der Waals surface area contributed by atoms with E-state index in [1.54, 1.807) is 4.68 Å². The van der Waals surface area contributed by atoms with Crippen LogP contribution in [0.5, 0.6) is 0 Å². The number of nitro benzene ring substituents is 1. The lowest BCUT2D eigenvalue weighted by Crippen LogP contribution is -2.22. The Kier molecular flexibility index (Phi) is 5.25. The van der Waals surface area contributed by atoms with Gasteiger partial charge in [-0.1, -0.05) is 18.2 Å². The maximum Gasteiger partial charge on any atom is 0.338 e. The molecule has 4 rings (SSSR count). The number of nitro groups is 1. The number of amides is 1. The van der Waals surface area contributed by atoms with Crippen molar-refractivity contribution in [3.8, 4) is 5.69 Å². The number of benzene rings is 2. The second kappa shape index (κ2) is 8.16. The Morgan fingerprint density at radius 3 is 2.47 bits per heavy atom. The third kappa shape index (κ3) is 4.35. The molecule has 0 bridgehead atoms. The first-order valence-corrected chi connectivity index (χ1v) is 9.38. The lowest BCUT2D eigenvalue weighted by molar-refractivity contribution is -0.384. The monoisotopic (exact) mass is 406 g/mol. The molecule has 0 unspecified atom stereocenters. The standard InChI is InChI=1S/C21H18N4O5/c26-20(13-30-21(27)15-8-10-17(11-9-15)25(28)29)22-19-12-18(14-6-7-14)23-24(19)16-4-2-1-3-5-16/h1-5,8-12,14H,6-7,13H2,(H,22,26). The fourth-order valence-electron chi connectivity index (χ4n) is 2.95. The Morgan fingerprint density at radius 2 is 1.83 bits per heavy atom. The van der Waals surface area contributed by atoms with Crippen molar-refractivity contribution in [2.24, 2.45) is 0 Å². The smallest absolute Gasteiger partial charge is 0.338 e. The molecular weight excluding hydrogens is 388 g/mol. The molecule has 9 heteroatoms. The zero-order chi connectivity index (χ0) is 21.1. The molecule has 1 heterocycles. The Labute approximate surface area is 171 Å². The van der Waals surface area contributed by atoms with Crippen molar-refractivity contribution in [1.29, 1.82) is 0 Å². The van der Waals surface area contributed by atoms with Crippen molar-refractivity contribution in [3.63, 3.8) is 0 Å². The van der Waals surface area contributed by atoms with E-state index in [0.29, 0.717) is 11.7 Å². The molecule has 30 heavy (non-hydrogen) atoms. The quantitative estimate of drug-likeness (QED) is 0.365. The SMILES string of the molecule is O=C(COC(=O)c1ccc([N+](=O)[O-])cc1)Nc1cc(C2CC2)nn1-c1ccccc1. The Balaban J connectivity index is 1.41. The van der Waals surface area contributed by atoms with Crippen LogP contribution in [0.2, 0.25) is 0 Å². The number of aromatic nitrogens is 2. The van der Waals surface area contributed by atoms with E-state index in [1.807, 2.05) is 36.4 Å². The van der Waals surface area contributed by atoms with Crippen molar-refractivity contribution >= 4 is 23.4 Å². The predicted octanol–water partition coefficient (Wildman–Crippen LogP) is 3.45. The van der Waals surface area contributed by atoms with Gasteiger partial charge in [0, 0.05) is 24.1 Å². The molecule has 0 spiro atoms. The molecule has 0 radical (unpaired) electrons. The fraction of sp³-hybridized carbons (Fsp3) is 0.190. The minimum Gasteiger partial charge on any atom is -0.452 e. The second-order valence-electron chi connectivity index (χ2n) is 6.90. The van der Waals surface area contributed by atoms with Gasteiger partial charge >= 0.3 is 5.97 Å². The highest BCUT2D eigenvalue weighted by Crippen LogP contribution is 2.40. The molecular formula is C21H18N4O5. The zero-order valence-corrected chi connectivity index (χ0v) is 15.9. The van der Waals surface area contributed by atoms with Crippen molar-refractivity contribution in [1.82, 2.24) is 9.78 Å². The van der Waals surface area contributed by atoms with Crippen LogP contribution in [0.3, 0.4) is 0 Å². The minimum absolute atomic E-state index is 0.124. The van der Waals surface area contributed by atoms with Crippen LogP contribution in [0, 0.1) is 10.1 Å². The number of ether oxygens (including phenoxy) is 1. The Morgan fingerprint density at radius 1 is 1.13 bits per heavy atom. The molecule has 1 aromatic heterocycles. The van der Waals surface area contributed by atoms with E-state index in [2.05, 4.69) is 10.4 Å². The number of hydrogen-bond donors (Lipinski definition) is 1. The molecule has 0 saturated heterocycles. The van der Waals surface area contributed by atoms with E-state index < -0.39 is 23.4 Å². The van der Waals surface area contributed by atoms with Gasteiger partial charge in [0.25, 0.3) is 11.6 Å². The summed E-state index contributed by atoms with van der Waals surface area (Å²) in [5.41, 5.74) is 1.71. The van der Waals surface area contributed by atoms with Crippen molar-refractivity contribution in [2.75, 3.05) is 11.9 Å². The molecule has 0 aliphatic heterocycles. The summed E-state index contributed by atoms with van der Waals surface area (Å²) in [6.45, 7) is -0.492. The number of nitrogens with one attached hydrogen (secondary N) is 1. The Bertz CT molecular complexity index is 1090. The van der Waals surface area contributed by atoms with Crippen molar-refractivity contribution in [3.05, 3.63) is 82.0 Å². The van der Waals surface area contributed by atoms with Crippen LogP contribution >= 0.6 is 0 Å². The third-order valence-electron chi connectivity index (χ3n) is 4.64. The number of carbonyl (C=O) groups excluding carboxylic acids is 2. The summed E-state index contributed by atoms with van der Waals surface area (Å²) in [5, 5.41) is 18.0.